The van der Waals surface area contributed by atoms with Crippen LogP contribution in [-0.4, -0.2) is 14.8 Å². The molecule has 1 heterocycles. The first-order valence-corrected chi connectivity index (χ1v) is 6.39. The summed E-state index contributed by atoms with van der Waals surface area (Å²) < 4.78 is 0. The number of benzene rings is 2. The maximum absolute atomic E-state index is 11.3. The zero-order valence-electron chi connectivity index (χ0n) is 10.1. The highest BCUT2D eigenvalue weighted by molar-refractivity contribution is 6.48. The molecule has 0 spiro atoms. The molecule has 0 amide bonds. The number of fused-ring (bicyclic) bond motifs is 3. The molecule has 21 heavy (non-hydrogen) atoms. The number of rotatable bonds is 2. The van der Waals surface area contributed by atoms with E-state index in [1.807, 2.05) is 0 Å². The Bertz CT molecular complexity index is 935. The van der Waals surface area contributed by atoms with Crippen molar-refractivity contribution in [2.45, 2.75) is 0 Å². The fourth-order valence-corrected chi connectivity index (χ4v) is 2.82. The van der Waals surface area contributed by atoms with Gasteiger partial charge < -0.3 is 4.98 Å². The first-order chi connectivity index (χ1) is 9.93. The zero-order valence-corrected chi connectivity index (χ0v) is 11.6. The van der Waals surface area contributed by atoms with Crippen molar-refractivity contribution in [3.8, 4) is 0 Å². The van der Waals surface area contributed by atoms with E-state index in [0.717, 1.165) is 0 Å². The van der Waals surface area contributed by atoms with Crippen LogP contribution in [0.15, 0.2) is 24.3 Å². The molecule has 0 aliphatic rings. The summed E-state index contributed by atoms with van der Waals surface area (Å²) in [4.78, 5) is 23.7. The second kappa shape index (κ2) is 4.57. The van der Waals surface area contributed by atoms with E-state index in [-0.39, 0.29) is 15.9 Å². The van der Waals surface area contributed by atoms with E-state index in [1.165, 1.54) is 0 Å². The minimum atomic E-state index is -0.895. The SMILES string of the molecule is O=[N+]([O-])c1c(Cl)c(Cl)c2[nH]c3ccccc3c2c1[N+](=O)[O-]. The van der Waals surface area contributed by atoms with Gasteiger partial charge in [-0.15, -0.1) is 0 Å². The second-order valence-corrected chi connectivity index (χ2v) is 5.02. The monoisotopic (exact) mass is 325 g/mol. The average Bonchev–Trinajstić information content (AvgIpc) is 2.81. The van der Waals surface area contributed by atoms with Crippen LogP contribution in [0.5, 0.6) is 0 Å². The van der Waals surface area contributed by atoms with Crippen LogP contribution in [-0.2, 0) is 0 Å². The Kier molecular flexibility index (Phi) is 2.96. The molecule has 0 aliphatic heterocycles. The molecule has 7 nitrogen and oxygen atoms in total. The topological polar surface area (TPSA) is 102 Å². The lowest BCUT2D eigenvalue weighted by atomic mass is 10.1. The molecule has 0 bridgehead atoms. The first kappa shape index (κ1) is 13.6. The largest absolute Gasteiger partial charge is 0.366 e. The van der Waals surface area contributed by atoms with Gasteiger partial charge >= 0.3 is 11.4 Å². The van der Waals surface area contributed by atoms with Crippen LogP contribution in [0, 0.1) is 20.2 Å². The molecule has 0 unspecified atom stereocenters. The van der Waals surface area contributed by atoms with Crippen molar-refractivity contribution in [3.63, 3.8) is 0 Å². The Morgan fingerprint density at radius 2 is 1.57 bits per heavy atom. The van der Waals surface area contributed by atoms with Gasteiger partial charge in [-0.3, -0.25) is 20.2 Å². The van der Waals surface area contributed by atoms with Crippen molar-refractivity contribution >= 4 is 56.4 Å². The predicted octanol–water partition coefficient (Wildman–Crippen LogP) is 4.44. The number of nitro benzene ring substituents is 2. The number of nitrogens with one attached hydrogen (secondary N) is 1. The maximum atomic E-state index is 11.3. The zero-order chi connectivity index (χ0) is 15.3. The van der Waals surface area contributed by atoms with Gasteiger partial charge in [0.05, 0.1) is 25.8 Å². The van der Waals surface area contributed by atoms with E-state index in [9.17, 15) is 20.2 Å². The second-order valence-electron chi connectivity index (χ2n) is 4.26. The van der Waals surface area contributed by atoms with Gasteiger partial charge in [0.15, 0.2) is 0 Å². The smallest absolute Gasteiger partial charge is 0.353 e. The van der Waals surface area contributed by atoms with Crippen LogP contribution < -0.4 is 0 Å². The summed E-state index contributed by atoms with van der Waals surface area (Å²) in [6.45, 7) is 0. The highest BCUT2D eigenvalue weighted by Crippen LogP contribution is 2.48. The summed E-state index contributed by atoms with van der Waals surface area (Å²) >= 11 is 11.9. The number of hydrogen-bond acceptors (Lipinski definition) is 4. The molecule has 0 fully saturated rings. The molecule has 1 aromatic heterocycles. The Hall–Kier alpha value is -2.38. The summed E-state index contributed by atoms with van der Waals surface area (Å²) in [5.74, 6) is 0. The van der Waals surface area contributed by atoms with E-state index in [0.29, 0.717) is 10.9 Å². The molecule has 2 aromatic carbocycles. The summed E-state index contributed by atoms with van der Waals surface area (Å²) in [5, 5.41) is 22.5. The van der Waals surface area contributed by atoms with E-state index < -0.39 is 26.2 Å². The molecule has 3 rings (SSSR count). The van der Waals surface area contributed by atoms with Crippen molar-refractivity contribution in [1.82, 2.24) is 4.98 Å². The molecule has 0 aliphatic carbocycles. The van der Waals surface area contributed by atoms with Crippen LogP contribution in [0.2, 0.25) is 10.0 Å². The normalized spacial score (nSPS) is 11.1. The van der Waals surface area contributed by atoms with Gasteiger partial charge in [0.2, 0.25) is 0 Å². The van der Waals surface area contributed by atoms with Crippen LogP contribution in [0.1, 0.15) is 0 Å². The molecular formula is C12H5Cl2N3O4. The average molecular weight is 326 g/mol. The third-order valence-electron chi connectivity index (χ3n) is 3.15. The predicted molar refractivity (Wildman–Crippen MR) is 79.1 cm³/mol. The molecule has 106 valence electrons. The minimum Gasteiger partial charge on any atom is -0.353 e. The summed E-state index contributed by atoms with van der Waals surface area (Å²) in [6.07, 6.45) is 0. The maximum Gasteiger partial charge on any atom is 0.366 e. The van der Waals surface area contributed by atoms with Gasteiger partial charge in [-0.2, -0.15) is 0 Å². The van der Waals surface area contributed by atoms with Crippen LogP contribution >= 0.6 is 23.2 Å². The van der Waals surface area contributed by atoms with Gasteiger partial charge in [0.25, 0.3) is 0 Å². The van der Waals surface area contributed by atoms with Crippen LogP contribution in [0.25, 0.3) is 21.8 Å². The highest BCUT2D eigenvalue weighted by Gasteiger charge is 2.36. The molecule has 1 N–H and O–H groups in total. The molecule has 9 heteroatoms. The quantitative estimate of drug-likeness (QED) is 0.555. The van der Waals surface area contributed by atoms with Gasteiger partial charge in [-0.05, 0) is 6.07 Å². The minimum absolute atomic E-state index is 0.0803. The number of aromatic nitrogens is 1. The fourth-order valence-electron chi connectivity index (χ4n) is 2.33. The van der Waals surface area contributed by atoms with Crippen molar-refractivity contribution in [3.05, 3.63) is 54.5 Å². The molecule has 0 saturated carbocycles. The number of aromatic amines is 1. The van der Waals surface area contributed by atoms with Crippen LogP contribution in [0.4, 0.5) is 11.4 Å². The standard InChI is InChI=1S/C12H5Cl2N3O4/c13-8-9(14)12(17(20)21)11(16(18)19)7-5-3-1-2-4-6(5)15-10(7)8/h1-4,15H. The van der Waals surface area contributed by atoms with Crippen LogP contribution in [0.3, 0.4) is 0 Å². The van der Waals surface area contributed by atoms with E-state index in [2.05, 4.69) is 4.98 Å². The molecule has 3 aromatic rings. The molecule has 0 radical (unpaired) electrons. The van der Waals surface area contributed by atoms with Gasteiger partial charge in [-0.25, -0.2) is 0 Å². The van der Waals surface area contributed by atoms with Crippen molar-refractivity contribution < 1.29 is 9.85 Å². The van der Waals surface area contributed by atoms with Gasteiger partial charge in [0.1, 0.15) is 5.02 Å². The lowest BCUT2D eigenvalue weighted by Crippen LogP contribution is -1.99. The Labute approximate surface area is 126 Å². The highest BCUT2D eigenvalue weighted by atomic mass is 35.5. The lowest BCUT2D eigenvalue weighted by molar-refractivity contribution is -0.421. The van der Waals surface area contributed by atoms with Gasteiger partial charge in [-0.1, -0.05) is 41.4 Å². The molecular weight excluding hydrogens is 321 g/mol. The third kappa shape index (κ3) is 1.82. The number of nitrogens with zero attached hydrogens (tertiary/aromatic N) is 2. The number of halogens is 2. The number of hydrogen-bond donors (Lipinski definition) is 1. The Morgan fingerprint density at radius 1 is 0.952 bits per heavy atom. The number of H-pyrrole nitrogens is 1. The number of nitro groups is 2. The van der Waals surface area contributed by atoms with Gasteiger partial charge in [0, 0.05) is 10.9 Å². The fraction of sp³-hybridized carbons (Fsp3) is 0. The van der Waals surface area contributed by atoms with E-state index in [1.54, 1.807) is 24.3 Å². The summed E-state index contributed by atoms with van der Waals surface area (Å²) in [6, 6.07) is 6.71. The van der Waals surface area contributed by atoms with Crippen molar-refractivity contribution in [1.29, 1.82) is 0 Å². The number of para-hydroxylation sites is 1. The lowest BCUT2D eigenvalue weighted by Gasteiger charge is -2.02. The Balaban J connectivity index is 2.69. The molecule has 0 saturated heterocycles. The first-order valence-electron chi connectivity index (χ1n) is 5.63. The van der Waals surface area contributed by atoms with Crippen molar-refractivity contribution in [2.75, 3.05) is 0 Å². The van der Waals surface area contributed by atoms with E-state index >= 15 is 0 Å². The van der Waals surface area contributed by atoms with Crippen molar-refractivity contribution in [2.24, 2.45) is 0 Å². The Morgan fingerprint density at radius 3 is 2.19 bits per heavy atom. The van der Waals surface area contributed by atoms with E-state index in [4.69, 9.17) is 23.2 Å². The molecule has 0 atom stereocenters. The summed E-state index contributed by atoms with van der Waals surface area (Å²) in [7, 11) is 0. The third-order valence-corrected chi connectivity index (χ3v) is 4.00. The summed E-state index contributed by atoms with van der Waals surface area (Å²) in [5.41, 5.74) is -0.681.